The van der Waals surface area contributed by atoms with Gasteiger partial charge in [0.1, 0.15) is 6.61 Å². The highest BCUT2D eigenvalue weighted by Crippen LogP contribution is 1.78. The number of hydrogen-bond acceptors (Lipinski definition) is 4. The molecule has 0 amide bonds. The molecule has 1 rings (SSSR count). The predicted molar refractivity (Wildman–Crippen MR) is 29.8 cm³/mol. The van der Waals surface area contributed by atoms with Gasteiger partial charge in [-0.2, -0.15) is 0 Å². The molecule has 1 aliphatic heterocycles. The van der Waals surface area contributed by atoms with Crippen LogP contribution in [-0.2, 0) is 4.74 Å². The summed E-state index contributed by atoms with van der Waals surface area (Å²) in [6.07, 6.45) is 1.49. The van der Waals surface area contributed by atoms with Gasteiger partial charge < -0.3 is 4.74 Å². The van der Waals surface area contributed by atoms with Crippen molar-refractivity contribution >= 4 is 12.4 Å². The molecule has 4 heteroatoms. The highest BCUT2D eigenvalue weighted by molar-refractivity contribution is 5.47. The lowest BCUT2D eigenvalue weighted by atomic mass is 10.8. The predicted octanol–water partition coefficient (Wildman–Crippen LogP) is 0.363. The van der Waals surface area contributed by atoms with E-state index in [-0.39, 0.29) is 0 Å². The van der Waals surface area contributed by atoms with Crippen LogP contribution in [0, 0.1) is 10.8 Å². The number of nitrogens with zero attached hydrogens (tertiary/aromatic N) is 1. The van der Waals surface area contributed by atoms with E-state index in [4.69, 9.17) is 10.8 Å². The van der Waals surface area contributed by atoms with Gasteiger partial charge in [-0.15, -0.1) is 0 Å². The lowest BCUT2D eigenvalue weighted by Crippen LogP contribution is -1.80. The van der Waals surface area contributed by atoms with Crippen molar-refractivity contribution < 1.29 is 4.74 Å². The van der Waals surface area contributed by atoms with Crippen molar-refractivity contribution in [3.63, 3.8) is 0 Å². The van der Waals surface area contributed by atoms with Crippen molar-refractivity contribution in [2.45, 2.75) is 0 Å². The van der Waals surface area contributed by atoms with Crippen LogP contribution >= 0.6 is 0 Å². The van der Waals surface area contributed by atoms with E-state index in [0.29, 0.717) is 0 Å². The molecule has 0 radical (unpaired) electrons. The minimum absolute atomic E-state index is 0.778. The minimum Gasteiger partial charge on any atom is -0.482 e. The highest BCUT2D eigenvalue weighted by Gasteiger charge is 1.84. The minimum atomic E-state index is 0.778. The van der Waals surface area contributed by atoms with Crippen LogP contribution < -0.4 is 0 Å². The van der Waals surface area contributed by atoms with Crippen molar-refractivity contribution in [2.75, 3.05) is 13.2 Å². The first-order valence-corrected chi connectivity index (χ1v) is 2.10. The Kier molecular flexibility index (Phi) is 5.01. The summed E-state index contributed by atoms with van der Waals surface area (Å²) < 4.78 is 4.65. The molecule has 2 N–H and O–H groups in total. The van der Waals surface area contributed by atoms with Gasteiger partial charge >= 0.3 is 0 Å². The summed E-state index contributed by atoms with van der Waals surface area (Å²) in [5, 5.41) is 11.2. The second kappa shape index (κ2) is 5.85. The van der Waals surface area contributed by atoms with Crippen LogP contribution in [-0.4, -0.2) is 25.6 Å². The van der Waals surface area contributed by atoms with Crippen molar-refractivity contribution in [2.24, 2.45) is 4.99 Å². The molecule has 0 aromatic carbocycles. The van der Waals surface area contributed by atoms with E-state index in [1.807, 2.05) is 0 Å². The topological polar surface area (TPSA) is 69.3 Å². The second-order valence-electron chi connectivity index (χ2n) is 1.01. The number of hydrogen-bond donors (Lipinski definition) is 2. The molecule has 0 aromatic heterocycles. The van der Waals surface area contributed by atoms with E-state index < -0.39 is 0 Å². The Hall–Kier alpha value is -1.15. The van der Waals surface area contributed by atoms with Crippen LogP contribution in [0.5, 0.6) is 0 Å². The van der Waals surface area contributed by atoms with Gasteiger partial charge in [-0.05, 0) is 0 Å². The Morgan fingerprint density at radius 1 is 1.62 bits per heavy atom. The Balaban J connectivity index is 0.000000145. The second-order valence-corrected chi connectivity index (χ2v) is 1.01. The third kappa shape index (κ3) is 4.85. The molecule has 1 heterocycles. The molecular formula is C4H7N3O. The zero-order chi connectivity index (χ0) is 6.24. The number of ether oxygens (including phenoxy) is 1. The average Bonchev–Trinajstić information content (AvgIpc) is 2.17. The largest absolute Gasteiger partial charge is 0.482 e. The maximum atomic E-state index is 5.62. The zero-order valence-electron chi connectivity index (χ0n) is 4.35. The molecule has 0 aliphatic carbocycles. The van der Waals surface area contributed by atoms with Gasteiger partial charge in [0.2, 0.25) is 0 Å². The van der Waals surface area contributed by atoms with Gasteiger partial charge in [0.05, 0.1) is 12.6 Å². The Bertz CT molecular complexity index is 97.9. The molecule has 8 heavy (non-hydrogen) atoms. The molecule has 0 saturated heterocycles. The van der Waals surface area contributed by atoms with Crippen LogP contribution in [0.25, 0.3) is 0 Å². The van der Waals surface area contributed by atoms with E-state index in [1.165, 1.54) is 12.4 Å². The summed E-state index contributed by atoms with van der Waals surface area (Å²) in [4.78, 5) is 3.74. The molecule has 1 aliphatic rings. The number of nitrogens with one attached hydrogen (secondary N) is 2. The summed E-state index contributed by atoms with van der Waals surface area (Å²) in [6, 6.07) is 1.25. The van der Waals surface area contributed by atoms with Gasteiger partial charge in [0.25, 0.3) is 0 Å². The molecule has 4 nitrogen and oxygen atoms in total. The fourth-order valence-corrected chi connectivity index (χ4v) is 0.264. The van der Waals surface area contributed by atoms with Crippen molar-refractivity contribution in [3.05, 3.63) is 0 Å². The van der Waals surface area contributed by atoms with Crippen LogP contribution in [0.1, 0.15) is 0 Å². The first-order valence-electron chi connectivity index (χ1n) is 2.10. The average molecular weight is 113 g/mol. The Morgan fingerprint density at radius 2 is 2.25 bits per heavy atom. The monoisotopic (exact) mass is 113 g/mol. The van der Waals surface area contributed by atoms with Crippen LogP contribution in [0.4, 0.5) is 0 Å². The van der Waals surface area contributed by atoms with Crippen LogP contribution in [0.2, 0.25) is 0 Å². The van der Waals surface area contributed by atoms with Gasteiger partial charge in [-0.1, -0.05) is 0 Å². The molecule has 0 atom stereocenters. The van der Waals surface area contributed by atoms with Crippen LogP contribution in [0.3, 0.4) is 0 Å². The molecular weight excluding hydrogens is 106 g/mol. The van der Waals surface area contributed by atoms with Gasteiger partial charge in [0.15, 0.2) is 6.40 Å². The normalized spacial score (nSPS) is 13.0. The van der Waals surface area contributed by atoms with Crippen molar-refractivity contribution in [3.8, 4) is 0 Å². The molecule has 0 bridgehead atoms. The molecule has 44 valence electrons. The van der Waals surface area contributed by atoms with Crippen molar-refractivity contribution in [1.82, 2.24) is 0 Å². The molecule has 0 spiro atoms. The summed E-state index contributed by atoms with van der Waals surface area (Å²) >= 11 is 0. The molecule has 0 fully saturated rings. The highest BCUT2D eigenvalue weighted by atomic mass is 16.5. The van der Waals surface area contributed by atoms with Crippen molar-refractivity contribution in [1.29, 1.82) is 10.8 Å². The summed E-state index contributed by atoms with van der Waals surface area (Å²) in [7, 11) is 0. The van der Waals surface area contributed by atoms with Gasteiger partial charge in [-0.3, -0.25) is 4.99 Å². The molecule has 0 aromatic rings. The van der Waals surface area contributed by atoms with Crippen LogP contribution in [0.15, 0.2) is 4.99 Å². The smallest absolute Gasteiger partial charge is 0.169 e. The van der Waals surface area contributed by atoms with E-state index in [0.717, 1.165) is 13.2 Å². The number of aliphatic imine (C=N–C) groups is 1. The lowest BCUT2D eigenvalue weighted by molar-refractivity contribution is 0.361. The van der Waals surface area contributed by atoms with E-state index in [1.54, 1.807) is 0 Å². The molecule has 0 unspecified atom stereocenters. The maximum absolute atomic E-state index is 5.62. The van der Waals surface area contributed by atoms with E-state index in [2.05, 4.69) is 9.73 Å². The third-order valence-corrected chi connectivity index (χ3v) is 0.487. The van der Waals surface area contributed by atoms with Gasteiger partial charge in [0, 0.05) is 0 Å². The summed E-state index contributed by atoms with van der Waals surface area (Å²) in [6.45, 7) is 1.62. The van der Waals surface area contributed by atoms with Gasteiger partial charge in [-0.25, -0.2) is 10.8 Å². The zero-order valence-corrected chi connectivity index (χ0v) is 4.35. The Labute approximate surface area is 47.2 Å². The third-order valence-electron chi connectivity index (χ3n) is 0.487. The summed E-state index contributed by atoms with van der Waals surface area (Å²) in [5.74, 6) is 0. The molecule has 0 saturated carbocycles. The summed E-state index contributed by atoms with van der Waals surface area (Å²) in [5.41, 5.74) is 0. The van der Waals surface area contributed by atoms with E-state index >= 15 is 0 Å². The quantitative estimate of drug-likeness (QED) is 0.437. The van der Waals surface area contributed by atoms with E-state index in [9.17, 15) is 0 Å². The Morgan fingerprint density at radius 3 is 2.38 bits per heavy atom. The fourth-order valence-electron chi connectivity index (χ4n) is 0.264. The lowest BCUT2D eigenvalue weighted by Gasteiger charge is -1.76. The fraction of sp³-hybridized carbons (Fsp3) is 0.500. The first kappa shape index (κ1) is 6.85. The number of rotatable bonds is 0. The standard InChI is InChI=1S/C3H5NO.CH2N2/c1-2-5-3-4-1;2-1-3/h3H,1-2H2;2-3H. The first-order chi connectivity index (χ1) is 3.91. The SMILES string of the molecule is C1=NCCO1.N=C=N. The maximum Gasteiger partial charge on any atom is 0.169 e.